The summed E-state index contributed by atoms with van der Waals surface area (Å²) >= 11 is 0. The molecule has 1 aliphatic rings. The van der Waals surface area contributed by atoms with Crippen LogP contribution >= 0.6 is 0 Å². The van der Waals surface area contributed by atoms with Crippen molar-refractivity contribution in [1.82, 2.24) is 53.5 Å². The summed E-state index contributed by atoms with van der Waals surface area (Å²) in [6.07, 6.45) is 7.27. The van der Waals surface area contributed by atoms with Crippen LogP contribution in [0.3, 0.4) is 0 Å². The largest absolute Gasteiger partial charge is 0.491 e. The molecule has 0 atom stereocenters. The number of pyridine rings is 1. The van der Waals surface area contributed by atoms with Crippen molar-refractivity contribution in [3.63, 3.8) is 0 Å². The van der Waals surface area contributed by atoms with Gasteiger partial charge in [-0.15, -0.1) is 0 Å². The average molecular weight is 885 g/mol. The number of allylic oxidation sites excluding steroid dienone is 2. The highest BCUT2D eigenvalue weighted by atomic mass is 16.6. The van der Waals surface area contributed by atoms with Gasteiger partial charge in [0, 0.05) is 68.0 Å². The van der Waals surface area contributed by atoms with Gasteiger partial charge in [0.25, 0.3) is 5.91 Å². The molecular formula is C45H52N14O6. The first kappa shape index (κ1) is 44.0. The monoisotopic (exact) mass is 884 g/mol. The zero-order valence-electron chi connectivity index (χ0n) is 37.5. The van der Waals surface area contributed by atoms with Crippen LogP contribution in [0.2, 0.25) is 0 Å². The number of fused-ring (bicyclic) bond motifs is 4. The van der Waals surface area contributed by atoms with Gasteiger partial charge >= 0.3 is 6.09 Å². The fourth-order valence-electron chi connectivity index (χ4n) is 7.96. The molecule has 1 aliphatic heterocycles. The minimum Gasteiger partial charge on any atom is -0.491 e. The second-order valence-corrected chi connectivity index (χ2v) is 17.0. The number of aryl methyl sites for hydroxylation is 4. The van der Waals surface area contributed by atoms with E-state index in [-0.39, 0.29) is 42.2 Å². The Morgan fingerprint density at radius 2 is 1.51 bits per heavy atom. The number of benzene rings is 1. The Kier molecular flexibility index (Phi) is 11.8. The highest BCUT2D eigenvalue weighted by Crippen LogP contribution is 2.37. The van der Waals surface area contributed by atoms with Crippen LogP contribution < -0.4 is 21.5 Å². The number of anilines is 1. The Hall–Kier alpha value is -7.64. The van der Waals surface area contributed by atoms with Gasteiger partial charge in [0.1, 0.15) is 33.9 Å². The molecule has 0 saturated carbocycles. The maximum atomic E-state index is 13.6. The molecule has 0 bridgehead atoms. The number of imidazole rings is 1. The van der Waals surface area contributed by atoms with Gasteiger partial charge in [0.15, 0.2) is 11.5 Å². The van der Waals surface area contributed by atoms with Gasteiger partial charge in [-0.05, 0) is 91.1 Å². The number of carbonyl (C=O) groups is 4. The normalized spacial score (nSPS) is 13.3. The van der Waals surface area contributed by atoms with E-state index in [1.807, 2.05) is 75.9 Å². The quantitative estimate of drug-likeness (QED) is 0.110. The van der Waals surface area contributed by atoms with Crippen molar-refractivity contribution >= 4 is 62.9 Å². The van der Waals surface area contributed by atoms with Gasteiger partial charge in [-0.3, -0.25) is 33.6 Å². The molecule has 5 N–H and O–H groups in total. The third-order valence-electron chi connectivity index (χ3n) is 11.0. The number of rotatable bonds is 15. The first-order chi connectivity index (χ1) is 31.0. The zero-order chi connectivity index (χ0) is 46.3. The minimum atomic E-state index is -0.659. The molecule has 1 saturated heterocycles. The van der Waals surface area contributed by atoms with Gasteiger partial charge in [0.2, 0.25) is 17.8 Å². The lowest BCUT2D eigenvalue weighted by Gasteiger charge is -2.39. The van der Waals surface area contributed by atoms with Crippen molar-refractivity contribution in [2.24, 2.45) is 17.4 Å². The Morgan fingerprint density at radius 3 is 2.20 bits per heavy atom. The average Bonchev–Trinajstić information content (AvgIpc) is 4.00. The van der Waals surface area contributed by atoms with Crippen molar-refractivity contribution in [1.29, 1.82) is 0 Å². The van der Waals surface area contributed by atoms with Crippen LogP contribution in [0.5, 0.6) is 5.75 Å². The fourth-order valence-corrected chi connectivity index (χ4v) is 7.96. The Bertz CT molecular complexity index is 3030. The van der Waals surface area contributed by atoms with E-state index in [1.54, 1.807) is 38.5 Å². The number of hydrogen-bond acceptors (Lipinski definition) is 12. The second kappa shape index (κ2) is 17.5. The summed E-state index contributed by atoms with van der Waals surface area (Å²) in [5, 5.41) is 13.3. The van der Waals surface area contributed by atoms with E-state index in [4.69, 9.17) is 30.9 Å². The van der Waals surface area contributed by atoms with E-state index in [0.717, 1.165) is 11.4 Å². The van der Waals surface area contributed by atoms with Gasteiger partial charge < -0.3 is 30.4 Å². The molecule has 0 spiro atoms. The third kappa shape index (κ3) is 8.96. The zero-order valence-corrected chi connectivity index (χ0v) is 37.5. The molecule has 0 radical (unpaired) electrons. The molecular weight excluding hydrogens is 833 g/mol. The minimum absolute atomic E-state index is 0.174. The number of hydrogen-bond donors (Lipinski definition) is 3. The highest BCUT2D eigenvalue weighted by Gasteiger charge is 2.33. The molecule has 4 amide bonds. The number of nitrogens with two attached hydrogens (primary N) is 2. The van der Waals surface area contributed by atoms with Crippen LogP contribution in [-0.4, -0.2) is 103 Å². The van der Waals surface area contributed by atoms with Crippen LogP contribution in [0.4, 0.5) is 10.7 Å². The van der Waals surface area contributed by atoms with Gasteiger partial charge in [-0.25, -0.2) is 24.7 Å². The SMILES string of the molecule is CCn1nc(C)cc1C(=O)Nc1nc2cc(C(N)=O)cnc2n1C/C=C/Cn1c2nc(-c3cc(C)nn3CC)ncc2c2cc(C(N)=O)cc(OCCC3CN(C(=O)OC(C)(C)C)C3)c21. The summed E-state index contributed by atoms with van der Waals surface area (Å²) in [7, 11) is 0. The lowest BCUT2D eigenvalue weighted by molar-refractivity contribution is -0.00383. The number of likely N-dealkylation sites (tertiary alicyclic amines) is 1. The van der Waals surface area contributed by atoms with Crippen LogP contribution in [0, 0.1) is 19.8 Å². The predicted octanol–water partition coefficient (Wildman–Crippen LogP) is 5.39. The smallest absolute Gasteiger partial charge is 0.410 e. The van der Waals surface area contributed by atoms with Crippen LogP contribution in [0.25, 0.3) is 44.6 Å². The number of primary amides is 2. The molecule has 8 rings (SSSR count). The second-order valence-electron chi connectivity index (χ2n) is 17.0. The van der Waals surface area contributed by atoms with E-state index in [1.165, 1.54) is 12.3 Å². The first-order valence-corrected chi connectivity index (χ1v) is 21.5. The molecule has 65 heavy (non-hydrogen) atoms. The molecule has 0 unspecified atom stereocenters. The molecule has 0 aliphatic carbocycles. The maximum absolute atomic E-state index is 13.6. The summed E-state index contributed by atoms with van der Waals surface area (Å²) < 4.78 is 19.2. The van der Waals surface area contributed by atoms with Crippen molar-refractivity contribution in [2.45, 2.75) is 86.7 Å². The highest BCUT2D eigenvalue weighted by molar-refractivity contribution is 6.12. The van der Waals surface area contributed by atoms with E-state index in [9.17, 15) is 19.2 Å². The lowest BCUT2D eigenvalue weighted by atomic mass is 9.97. The van der Waals surface area contributed by atoms with Crippen molar-refractivity contribution < 1.29 is 28.7 Å². The molecule has 1 aromatic carbocycles. The molecule has 1 fully saturated rings. The lowest BCUT2D eigenvalue weighted by Crippen LogP contribution is -2.51. The summed E-state index contributed by atoms with van der Waals surface area (Å²) in [5.74, 6) is -0.379. The van der Waals surface area contributed by atoms with Crippen LogP contribution in [0.15, 0.2) is 54.9 Å². The van der Waals surface area contributed by atoms with Crippen molar-refractivity contribution in [2.75, 3.05) is 25.0 Å². The molecule has 338 valence electrons. The summed E-state index contributed by atoms with van der Waals surface area (Å²) in [4.78, 5) is 71.7. The standard InChI is InChI=1S/C45H52N14O6/c1-8-58-33(16-25(3)53-58)39-48-22-31-30-18-28(37(46)60)20-35(64-15-12-27-23-55(24-27)44(63)65-45(5,6)7)36(30)56(40(31)51-39)13-10-11-14-57-41-32(19-29(21-49-41)38(47)61)50-43(57)52-42(62)34-17-26(4)54-59(34)9-2/h10-11,16-22,27H,8-9,12-15,23-24H2,1-7H3,(H2,46,60)(H2,47,61)(H,50,52,62)/b11-10+. The number of aromatic nitrogens is 10. The van der Waals surface area contributed by atoms with E-state index < -0.39 is 23.3 Å². The first-order valence-electron chi connectivity index (χ1n) is 21.5. The summed E-state index contributed by atoms with van der Waals surface area (Å²) in [6, 6.07) is 8.54. The molecule has 20 nitrogen and oxygen atoms in total. The molecule has 7 heterocycles. The number of nitrogens with one attached hydrogen (secondary N) is 1. The van der Waals surface area contributed by atoms with E-state index in [2.05, 4.69) is 25.5 Å². The Balaban J connectivity index is 1.15. The van der Waals surface area contributed by atoms with Crippen LogP contribution in [-0.2, 0) is 30.9 Å². The predicted molar refractivity (Wildman–Crippen MR) is 242 cm³/mol. The fraction of sp³-hybridized carbons (Fsp3) is 0.378. The number of ether oxygens (including phenoxy) is 2. The molecule has 20 heteroatoms. The number of amides is 4. The van der Waals surface area contributed by atoms with Crippen molar-refractivity contribution in [3.05, 3.63) is 83.1 Å². The topological polar surface area (TPSA) is 251 Å². The van der Waals surface area contributed by atoms with Crippen LogP contribution in [0.1, 0.15) is 83.6 Å². The Labute approximate surface area is 373 Å². The third-order valence-corrected chi connectivity index (χ3v) is 11.0. The van der Waals surface area contributed by atoms with Gasteiger partial charge in [-0.1, -0.05) is 12.2 Å². The van der Waals surface area contributed by atoms with Crippen molar-refractivity contribution in [3.8, 4) is 17.3 Å². The van der Waals surface area contributed by atoms with Gasteiger partial charge in [-0.2, -0.15) is 10.2 Å². The molecule has 6 aromatic heterocycles. The Morgan fingerprint density at radius 1 is 0.815 bits per heavy atom. The summed E-state index contributed by atoms with van der Waals surface area (Å²) in [6.45, 7) is 16.1. The number of carbonyl (C=O) groups excluding carboxylic acids is 4. The number of nitrogens with zero attached hydrogens (tertiary/aromatic N) is 11. The van der Waals surface area contributed by atoms with E-state index in [0.29, 0.717) is 95.3 Å². The van der Waals surface area contributed by atoms with E-state index >= 15 is 0 Å². The molecule has 7 aromatic rings. The summed E-state index contributed by atoms with van der Waals surface area (Å²) in [5.41, 5.74) is 16.0. The maximum Gasteiger partial charge on any atom is 0.410 e. The van der Waals surface area contributed by atoms with Gasteiger partial charge in [0.05, 0.1) is 29.1 Å².